The topological polar surface area (TPSA) is 107 Å². The van der Waals surface area contributed by atoms with Crippen molar-refractivity contribution >= 4 is 23.7 Å². The van der Waals surface area contributed by atoms with E-state index >= 15 is 0 Å². The smallest absolute Gasteiger partial charge is 0.323 e. The number of halogens is 2. The molecule has 0 unspecified atom stereocenters. The van der Waals surface area contributed by atoms with Gasteiger partial charge < -0.3 is 20.4 Å². The maximum atomic E-state index is 13.3. The highest BCUT2D eigenvalue weighted by Crippen LogP contribution is 2.18. The zero-order valence-electron chi connectivity index (χ0n) is 9.97. The molecular formula is C11H10F2N2O5. The van der Waals surface area contributed by atoms with E-state index in [4.69, 9.17) is 10.2 Å². The number of benzene rings is 1. The van der Waals surface area contributed by atoms with E-state index in [2.05, 4.69) is 0 Å². The lowest BCUT2D eigenvalue weighted by atomic mass is 10.3. The van der Waals surface area contributed by atoms with Gasteiger partial charge in [-0.25, -0.2) is 13.6 Å². The third-order valence-corrected chi connectivity index (χ3v) is 2.13. The van der Waals surface area contributed by atoms with E-state index in [-0.39, 0.29) is 0 Å². The van der Waals surface area contributed by atoms with Crippen LogP contribution in [0.2, 0.25) is 0 Å². The van der Waals surface area contributed by atoms with Crippen molar-refractivity contribution in [2.75, 3.05) is 18.4 Å². The molecule has 1 aromatic rings. The molecule has 0 radical (unpaired) electrons. The molecule has 0 heterocycles. The summed E-state index contributed by atoms with van der Waals surface area (Å²) >= 11 is 0. The molecule has 0 saturated carbocycles. The zero-order chi connectivity index (χ0) is 15.3. The van der Waals surface area contributed by atoms with Crippen LogP contribution in [0.25, 0.3) is 0 Å². The number of carboxylic acids is 2. The fourth-order valence-electron chi connectivity index (χ4n) is 1.33. The van der Waals surface area contributed by atoms with Crippen LogP contribution < -0.4 is 5.32 Å². The molecule has 0 bridgehead atoms. The van der Waals surface area contributed by atoms with E-state index in [1.807, 2.05) is 0 Å². The van der Waals surface area contributed by atoms with E-state index in [1.54, 1.807) is 5.32 Å². The van der Waals surface area contributed by atoms with Gasteiger partial charge in [-0.2, -0.15) is 0 Å². The summed E-state index contributed by atoms with van der Waals surface area (Å²) < 4.78 is 26.6. The Morgan fingerprint density at radius 1 is 1.05 bits per heavy atom. The van der Waals surface area contributed by atoms with Crippen LogP contribution >= 0.6 is 0 Å². The molecule has 3 N–H and O–H groups in total. The van der Waals surface area contributed by atoms with Gasteiger partial charge >= 0.3 is 18.0 Å². The summed E-state index contributed by atoms with van der Waals surface area (Å²) in [5.74, 6) is -5.06. The fourth-order valence-corrected chi connectivity index (χ4v) is 1.33. The molecule has 0 aromatic heterocycles. The van der Waals surface area contributed by atoms with Gasteiger partial charge in [-0.1, -0.05) is 6.07 Å². The molecule has 0 fully saturated rings. The Bertz CT molecular complexity index is 513. The van der Waals surface area contributed by atoms with Crippen molar-refractivity contribution < 1.29 is 33.4 Å². The largest absolute Gasteiger partial charge is 0.480 e. The minimum Gasteiger partial charge on any atom is -0.480 e. The summed E-state index contributed by atoms with van der Waals surface area (Å²) in [5, 5.41) is 18.9. The first-order valence-electron chi connectivity index (χ1n) is 5.24. The first kappa shape index (κ1) is 15.3. The first-order chi connectivity index (χ1) is 9.31. The monoisotopic (exact) mass is 288 g/mol. The molecule has 0 aliphatic heterocycles. The minimum absolute atomic E-state index is 0.385. The molecule has 0 saturated heterocycles. The molecule has 20 heavy (non-hydrogen) atoms. The van der Waals surface area contributed by atoms with Gasteiger partial charge in [0, 0.05) is 0 Å². The maximum absolute atomic E-state index is 13.3. The van der Waals surface area contributed by atoms with Crippen LogP contribution in [0.1, 0.15) is 0 Å². The molecule has 1 aromatic carbocycles. The Hall–Kier alpha value is -2.71. The average Bonchev–Trinajstić information content (AvgIpc) is 2.31. The second-order valence-electron chi connectivity index (χ2n) is 3.67. The Kier molecular flexibility index (Phi) is 4.95. The SMILES string of the molecule is O=C(O)CN(CC(=O)O)C(=O)Nc1c(F)cccc1F. The lowest BCUT2D eigenvalue weighted by Gasteiger charge is -2.19. The number of urea groups is 1. The number of amides is 2. The van der Waals surface area contributed by atoms with Crippen LogP contribution in [0.5, 0.6) is 0 Å². The van der Waals surface area contributed by atoms with Gasteiger partial charge in [0.25, 0.3) is 0 Å². The number of hydrogen-bond acceptors (Lipinski definition) is 3. The van der Waals surface area contributed by atoms with E-state index in [9.17, 15) is 23.2 Å². The van der Waals surface area contributed by atoms with Gasteiger partial charge in [0.15, 0.2) is 0 Å². The van der Waals surface area contributed by atoms with Gasteiger partial charge in [-0.15, -0.1) is 0 Å². The Labute approximate surface area is 111 Å². The Morgan fingerprint density at radius 3 is 1.90 bits per heavy atom. The number of hydrogen-bond donors (Lipinski definition) is 3. The highest BCUT2D eigenvalue weighted by Gasteiger charge is 2.21. The van der Waals surface area contributed by atoms with Crippen molar-refractivity contribution in [3.8, 4) is 0 Å². The molecule has 1 rings (SSSR count). The van der Waals surface area contributed by atoms with Crippen molar-refractivity contribution in [2.45, 2.75) is 0 Å². The van der Waals surface area contributed by atoms with Crippen LogP contribution in [-0.4, -0.2) is 46.2 Å². The van der Waals surface area contributed by atoms with E-state index in [0.29, 0.717) is 4.90 Å². The fraction of sp³-hybridized carbons (Fsp3) is 0.182. The van der Waals surface area contributed by atoms with Crippen LogP contribution in [0.15, 0.2) is 18.2 Å². The third kappa shape index (κ3) is 4.19. The Balaban J connectivity index is 2.90. The van der Waals surface area contributed by atoms with Crippen molar-refractivity contribution in [3.05, 3.63) is 29.8 Å². The second-order valence-corrected chi connectivity index (χ2v) is 3.67. The number of rotatable bonds is 5. The summed E-state index contributed by atoms with van der Waals surface area (Å²) in [6.45, 7) is -1.84. The van der Waals surface area contributed by atoms with Crippen LogP contribution in [-0.2, 0) is 9.59 Å². The predicted molar refractivity (Wildman–Crippen MR) is 62.2 cm³/mol. The molecule has 0 spiro atoms. The normalized spacial score (nSPS) is 9.90. The number of nitrogens with zero attached hydrogens (tertiary/aromatic N) is 1. The highest BCUT2D eigenvalue weighted by atomic mass is 19.1. The van der Waals surface area contributed by atoms with Crippen LogP contribution in [0.4, 0.5) is 19.3 Å². The van der Waals surface area contributed by atoms with Gasteiger partial charge in [0.05, 0.1) is 0 Å². The number of carbonyl (C=O) groups is 3. The van der Waals surface area contributed by atoms with Gasteiger partial charge in [0.1, 0.15) is 30.4 Å². The number of carboxylic acid groups (broad SMARTS) is 2. The van der Waals surface area contributed by atoms with Crippen molar-refractivity contribution in [1.29, 1.82) is 0 Å². The molecule has 0 aliphatic rings. The summed E-state index contributed by atoms with van der Waals surface area (Å²) in [7, 11) is 0. The summed E-state index contributed by atoms with van der Waals surface area (Å²) in [6, 6.07) is 1.61. The van der Waals surface area contributed by atoms with Gasteiger partial charge in [-0.05, 0) is 12.1 Å². The number of carbonyl (C=O) groups excluding carboxylic acids is 1. The maximum Gasteiger partial charge on any atom is 0.323 e. The quantitative estimate of drug-likeness (QED) is 0.748. The highest BCUT2D eigenvalue weighted by molar-refractivity contribution is 5.93. The number of aliphatic carboxylic acids is 2. The first-order valence-corrected chi connectivity index (χ1v) is 5.24. The third-order valence-electron chi connectivity index (χ3n) is 2.13. The molecule has 0 atom stereocenters. The molecule has 7 nitrogen and oxygen atoms in total. The standard InChI is InChI=1S/C11H10F2N2O5/c12-6-2-1-3-7(13)10(6)14-11(20)15(4-8(16)17)5-9(18)19/h1-3H,4-5H2,(H,14,20)(H,16,17)(H,18,19). The minimum atomic E-state index is -1.46. The molecular weight excluding hydrogens is 278 g/mol. The van der Waals surface area contributed by atoms with Gasteiger partial charge in [0.2, 0.25) is 0 Å². The summed E-state index contributed by atoms with van der Waals surface area (Å²) in [4.78, 5) is 33.1. The van der Waals surface area contributed by atoms with Crippen LogP contribution in [0, 0.1) is 11.6 Å². The second kappa shape index (κ2) is 6.45. The molecule has 9 heteroatoms. The number of nitrogens with one attached hydrogen (secondary N) is 1. The van der Waals surface area contributed by atoms with Crippen molar-refractivity contribution in [1.82, 2.24) is 4.90 Å². The molecule has 0 aliphatic carbocycles. The van der Waals surface area contributed by atoms with Crippen molar-refractivity contribution in [2.24, 2.45) is 0 Å². The number of para-hydroxylation sites is 1. The summed E-state index contributed by atoms with van der Waals surface area (Å²) in [5.41, 5.74) is -0.779. The number of anilines is 1. The zero-order valence-corrected chi connectivity index (χ0v) is 9.97. The van der Waals surface area contributed by atoms with Crippen molar-refractivity contribution in [3.63, 3.8) is 0 Å². The molecule has 108 valence electrons. The average molecular weight is 288 g/mol. The van der Waals surface area contributed by atoms with E-state index < -0.39 is 48.4 Å². The lowest BCUT2D eigenvalue weighted by molar-refractivity contribution is -0.140. The van der Waals surface area contributed by atoms with E-state index in [0.717, 1.165) is 18.2 Å². The lowest BCUT2D eigenvalue weighted by Crippen LogP contribution is -2.42. The summed E-state index contributed by atoms with van der Waals surface area (Å²) in [6.07, 6.45) is 0. The molecule has 2 amide bonds. The Morgan fingerprint density at radius 2 is 1.50 bits per heavy atom. The van der Waals surface area contributed by atoms with Crippen LogP contribution in [0.3, 0.4) is 0 Å². The van der Waals surface area contributed by atoms with Gasteiger partial charge in [-0.3, -0.25) is 9.59 Å². The predicted octanol–water partition coefficient (Wildman–Crippen LogP) is 0.968. The van der Waals surface area contributed by atoms with E-state index in [1.165, 1.54) is 0 Å².